The number of aromatic nitrogens is 3. The van der Waals surface area contributed by atoms with Gasteiger partial charge in [0.15, 0.2) is 17.2 Å². The smallest absolute Gasteiger partial charge is 0.425 e. The number of fused-ring (bicyclic) bond motifs is 2. The molecular formula is C33H26F3N7O3Zn. The zero-order chi connectivity index (χ0) is 32.8. The first-order valence-corrected chi connectivity index (χ1v) is 13.7. The van der Waals surface area contributed by atoms with E-state index in [2.05, 4.69) is 35.4 Å². The molecule has 2 aromatic heterocycles. The van der Waals surface area contributed by atoms with E-state index in [9.17, 15) is 23.4 Å². The van der Waals surface area contributed by atoms with Crippen molar-refractivity contribution >= 4 is 44.6 Å². The van der Waals surface area contributed by atoms with Crippen LogP contribution >= 0.6 is 0 Å². The first-order chi connectivity index (χ1) is 22.0. The van der Waals surface area contributed by atoms with Crippen molar-refractivity contribution in [3.63, 3.8) is 0 Å². The van der Waals surface area contributed by atoms with Crippen LogP contribution in [0.4, 0.5) is 36.2 Å². The monoisotopic (exact) mass is 689 g/mol. The van der Waals surface area contributed by atoms with Gasteiger partial charge in [0.2, 0.25) is 5.88 Å². The fraction of sp³-hybridized carbons (Fsp3) is 0.121. The molecule has 0 aliphatic heterocycles. The van der Waals surface area contributed by atoms with Crippen molar-refractivity contribution in [3.8, 4) is 17.4 Å². The molecule has 6 rings (SSSR count). The average molecular weight is 691 g/mol. The average Bonchev–Trinajstić information content (AvgIpc) is 3.03. The molecule has 14 heteroatoms. The molecule has 0 spiro atoms. The van der Waals surface area contributed by atoms with Gasteiger partial charge in [0.1, 0.15) is 28.7 Å². The number of azo groups is 2. The van der Waals surface area contributed by atoms with Crippen LogP contribution in [-0.4, -0.2) is 32.3 Å². The number of pyridine rings is 1. The zero-order valence-corrected chi connectivity index (χ0v) is 28.4. The Morgan fingerprint density at radius 3 is 1.72 bits per heavy atom. The second-order valence-corrected chi connectivity index (χ2v) is 9.82. The summed E-state index contributed by atoms with van der Waals surface area (Å²) < 4.78 is 44.8. The Kier molecular flexibility index (Phi) is 10.9. The molecule has 2 N–H and O–H groups in total. The number of benzene rings is 4. The molecule has 0 unspecified atom stereocenters. The van der Waals surface area contributed by atoms with Crippen molar-refractivity contribution in [1.29, 1.82) is 0 Å². The Balaban J connectivity index is 0.000000215. The van der Waals surface area contributed by atoms with E-state index in [0.29, 0.717) is 16.9 Å². The summed E-state index contributed by atoms with van der Waals surface area (Å²) in [6, 6.07) is 26.8. The third-order valence-electron chi connectivity index (χ3n) is 6.57. The first-order valence-electron chi connectivity index (χ1n) is 13.7. The third-order valence-corrected chi connectivity index (χ3v) is 6.57. The number of hydrogen-bond acceptors (Lipinski definition) is 10. The molecule has 234 valence electrons. The van der Waals surface area contributed by atoms with Gasteiger partial charge in [-0.15, -0.1) is 20.5 Å². The van der Waals surface area contributed by atoms with Crippen molar-refractivity contribution in [2.45, 2.75) is 20.0 Å². The van der Waals surface area contributed by atoms with E-state index in [1.807, 2.05) is 49.4 Å². The van der Waals surface area contributed by atoms with E-state index in [0.717, 1.165) is 29.0 Å². The summed E-state index contributed by atoms with van der Waals surface area (Å²) in [5.41, 5.74) is 0.163. The summed E-state index contributed by atoms with van der Waals surface area (Å²) in [7, 11) is 1.08. The molecule has 6 aromatic rings. The number of alkyl halides is 3. The molecule has 0 saturated heterocycles. The van der Waals surface area contributed by atoms with Crippen molar-refractivity contribution in [3.05, 3.63) is 108 Å². The van der Waals surface area contributed by atoms with Crippen LogP contribution in [-0.2, 0) is 25.7 Å². The second-order valence-electron chi connectivity index (χ2n) is 9.82. The van der Waals surface area contributed by atoms with Crippen LogP contribution in [0.5, 0.6) is 17.4 Å². The van der Waals surface area contributed by atoms with E-state index < -0.39 is 23.4 Å². The Hall–Kier alpha value is -5.36. The number of methoxy groups -OCH3 is 1. The van der Waals surface area contributed by atoms with Gasteiger partial charge in [0.25, 0.3) is 0 Å². The number of phenolic OH excluding ortho intramolecular Hbond substituents is 2. The Labute approximate surface area is 279 Å². The van der Waals surface area contributed by atoms with Crippen molar-refractivity contribution < 1.29 is 47.6 Å². The van der Waals surface area contributed by atoms with Crippen LogP contribution < -0.4 is 4.74 Å². The normalized spacial score (nSPS) is 11.4. The summed E-state index contributed by atoms with van der Waals surface area (Å²) in [6.07, 6.45) is -4.78. The number of aromatic hydroxyl groups is 2. The minimum Gasteiger partial charge on any atom is -0.506 e. The van der Waals surface area contributed by atoms with Crippen LogP contribution in [0.3, 0.4) is 0 Å². The number of ether oxygens (including phenoxy) is 1. The maximum absolute atomic E-state index is 13.4. The van der Waals surface area contributed by atoms with Gasteiger partial charge in [-0.25, -0.2) is 9.97 Å². The van der Waals surface area contributed by atoms with Crippen molar-refractivity contribution in [1.82, 2.24) is 15.0 Å². The maximum Gasteiger partial charge on any atom is 0.425 e. The van der Waals surface area contributed by atoms with E-state index >= 15 is 0 Å². The fourth-order valence-corrected chi connectivity index (χ4v) is 4.48. The molecule has 0 aliphatic rings. The van der Waals surface area contributed by atoms with Crippen LogP contribution in [0, 0.1) is 13.8 Å². The molecular weight excluding hydrogens is 665 g/mol. The molecule has 0 amide bonds. The molecule has 4 aromatic carbocycles. The van der Waals surface area contributed by atoms with Crippen molar-refractivity contribution in [2.75, 3.05) is 7.11 Å². The van der Waals surface area contributed by atoms with Crippen LogP contribution in [0.1, 0.15) is 17.1 Å². The predicted octanol–water partition coefficient (Wildman–Crippen LogP) is 9.75. The van der Waals surface area contributed by atoms with Gasteiger partial charge < -0.3 is 14.9 Å². The largest absolute Gasteiger partial charge is 0.506 e. The molecule has 10 nitrogen and oxygen atoms in total. The molecule has 47 heavy (non-hydrogen) atoms. The van der Waals surface area contributed by atoms with E-state index in [1.165, 1.54) is 13.0 Å². The van der Waals surface area contributed by atoms with Gasteiger partial charge in [0.05, 0.1) is 7.11 Å². The van der Waals surface area contributed by atoms with E-state index in [1.54, 1.807) is 42.5 Å². The zero-order valence-electron chi connectivity index (χ0n) is 25.4. The van der Waals surface area contributed by atoms with E-state index in [-0.39, 0.29) is 42.5 Å². The Morgan fingerprint density at radius 2 is 1.19 bits per heavy atom. The SMILES string of the molecule is COc1nc(C)nc(N=Nc2c(O)ccc3ccccc23)c1C(F)(F)F.Cc1cccc(N=Nc2c(O)ccc3ccccc23)n1.[Zn]. The standard InChI is InChI=1S/C17H13F3N4O2.C16H13N3O.Zn/c1-9-21-15(13(17(18,19)20)16(22-9)26-2)24-23-14-11-6-4-3-5-10(11)7-8-12(14)25;1-11-5-4-8-15(17-11)18-19-16-13-7-3-2-6-12(13)9-10-14(16)20;/h3-8,25H,1-2H3;2-10,20H,1H3;. The molecule has 0 radical (unpaired) electrons. The Morgan fingerprint density at radius 1 is 0.638 bits per heavy atom. The molecule has 0 atom stereocenters. The first kappa shape index (κ1) is 34.5. The predicted molar refractivity (Wildman–Crippen MR) is 167 cm³/mol. The summed E-state index contributed by atoms with van der Waals surface area (Å²) in [5, 5.41) is 38.9. The minimum absolute atomic E-state index is 0. The van der Waals surface area contributed by atoms with Crippen LogP contribution in [0.15, 0.2) is 111 Å². The van der Waals surface area contributed by atoms with Gasteiger partial charge in [-0.2, -0.15) is 18.2 Å². The summed E-state index contributed by atoms with van der Waals surface area (Å²) >= 11 is 0. The topological polar surface area (TPSA) is 138 Å². The molecule has 0 saturated carbocycles. The van der Waals surface area contributed by atoms with Gasteiger partial charge in [-0.1, -0.05) is 66.7 Å². The molecule has 0 aliphatic carbocycles. The van der Waals surface area contributed by atoms with Gasteiger partial charge in [0, 0.05) is 35.9 Å². The number of nitrogens with zero attached hydrogens (tertiary/aromatic N) is 7. The summed E-state index contributed by atoms with van der Waals surface area (Å²) in [5.74, 6) is -0.850. The quantitative estimate of drug-likeness (QED) is 0.136. The minimum atomic E-state index is -4.78. The molecule has 2 heterocycles. The number of phenols is 2. The van der Waals surface area contributed by atoms with Crippen molar-refractivity contribution in [2.24, 2.45) is 20.5 Å². The third kappa shape index (κ3) is 8.08. The summed E-state index contributed by atoms with van der Waals surface area (Å²) in [4.78, 5) is 11.6. The number of hydrogen-bond donors (Lipinski definition) is 2. The summed E-state index contributed by atoms with van der Waals surface area (Å²) in [6.45, 7) is 3.31. The molecule has 0 fully saturated rings. The fourth-order valence-electron chi connectivity index (χ4n) is 4.48. The van der Waals surface area contributed by atoms with Crippen LogP contribution in [0.25, 0.3) is 21.5 Å². The number of halogens is 3. The van der Waals surface area contributed by atoms with Gasteiger partial charge >= 0.3 is 6.18 Å². The number of aryl methyl sites for hydroxylation is 2. The number of rotatable bonds is 5. The maximum atomic E-state index is 13.4. The second kappa shape index (κ2) is 14.8. The van der Waals surface area contributed by atoms with Gasteiger partial charge in [-0.05, 0) is 48.9 Å². The van der Waals surface area contributed by atoms with E-state index in [4.69, 9.17) is 4.74 Å². The van der Waals surface area contributed by atoms with Gasteiger partial charge in [-0.3, -0.25) is 0 Å². The molecule has 0 bridgehead atoms. The Bertz CT molecular complexity index is 2110. The van der Waals surface area contributed by atoms with Crippen LogP contribution in [0.2, 0.25) is 0 Å².